The Labute approximate surface area is 547 Å². The van der Waals surface area contributed by atoms with Gasteiger partial charge in [0.25, 0.3) is 7.82 Å². The highest BCUT2D eigenvalue weighted by molar-refractivity contribution is 7.45. The van der Waals surface area contributed by atoms with Gasteiger partial charge in [-0.1, -0.05) is 371 Å². The molecule has 0 saturated heterocycles. The molecule has 0 aromatic rings. The SMILES string of the molecule is CC/C=C\C/C=C\C/C=C\C/C=C\CCCCCCCCCCCCCCCCCCCCCCCCCCCCCCC(=O)OC(COC(=O)CCCCCCCCCCCCCCCCCCCCCCCCC)COP(=O)([O-])OCC[N+](C)(C)C. The Morgan fingerprint density at radius 3 is 0.966 bits per heavy atom. The van der Waals surface area contributed by atoms with E-state index in [-0.39, 0.29) is 32.0 Å². The highest BCUT2D eigenvalue weighted by Gasteiger charge is 2.22. The molecule has 0 aromatic heterocycles. The number of hydrogen-bond donors (Lipinski definition) is 0. The first-order valence-electron chi connectivity index (χ1n) is 38.3. The van der Waals surface area contributed by atoms with E-state index >= 15 is 0 Å². The number of hydrogen-bond acceptors (Lipinski definition) is 8. The lowest BCUT2D eigenvalue weighted by molar-refractivity contribution is -0.870. The minimum atomic E-state index is -4.64. The van der Waals surface area contributed by atoms with E-state index in [1.165, 1.54) is 295 Å². The third-order valence-electron chi connectivity index (χ3n) is 17.4. The molecular weight excluding hydrogens is 1110 g/mol. The van der Waals surface area contributed by atoms with Crippen LogP contribution < -0.4 is 4.89 Å². The zero-order valence-corrected chi connectivity index (χ0v) is 60.1. The Kier molecular flexibility index (Phi) is 67.7. The van der Waals surface area contributed by atoms with Crippen LogP contribution in [0.2, 0.25) is 0 Å². The predicted molar refractivity (Wildman–Crippen MR) is 379 cm³/mol. The minimum absolute atomic E-state index is 0.0268. The fourth-order valence-corrected chi connectivity index (χ4v) is 12.3. The average Bonchev–Trinajstić information content (AvgIpc) is 3.58. The highest BCUT2D eigenvalue weighted by atomic mass is 31.2. The van der Waals surface area contributed by atoms with Gasteiger partial charge in [0.1, 0.15) is 19.8 Å². The molecule has 0 aliphatic carbocycles. The molecule has 0 aromatic carbocycles. The van der Waals surface area contributed by atoms with Crippen LogP contribution in [0.4, 0.5) is 0 Å². The van der Waals surface area contributed by atoms with Crippen molar-refractivity contribution in [2.75, 3.05) is 47.5 Å². The van der Waals surface area contributed by atoms with Gasteiger partial charge in [-0.15, -0.1) is 0 Å². The lowest BCUT2D eigenvalue weighted by Crippen LogP contribution is -2.37. The lowest BCUT2D eigenvalue weighted by atomic mass is 10.0. The molecule has 10 heteroatoms. The summed E-state index contributed by atoms with van der Waals surface area (Å²) in [7, 11) is 1.19. The van der Waals surface area contributed by atoms with E-state index in [2.05, 4.69) is 62.5 Å². The second kappa shape index (κ2) is 69.3. The van der Waals surface area contributed by atoms with Gasteiger partial charge in [-0.05, 0) is 51.4 Å². The van der Waals surface area contributed by atoms with Gasteiger partial charge in [0.05, 0.1) is 27.7 Å². The van der Waals surface area contributed by atoms with E-state index in [0.29, 0.717) is 17.4 Å². The maximum Gasteiger partial charge on any atom is 0.306 e. The van der Waals surface area contributed by atoms with Gasteiger partial charge in [-0.25, -0.2) is 0 Å². The Balaban J connectivity index is 3.87. The first-order chi connectivity index (χ1) is 43.0. The van der Waals surface area contributed by atoms with Crippen LogP contribution in [0.3, 0.4) is 0 Å². The fraction of sp³-hybridized carbons (Fsp3) is 0.872. The van der Waals surface area contributed by atoms with Crippen molar-refractivity contribution >= 4 is 19.8 Å². The molecule has 2 unspecified atom stereocenters. The number of unbranched alkanes of at least 4 members (excludes halogenated alkanes) is 50. The van der Waals surface area contributed by atoms with Crippen molar-refractivity contribution < 1.29 is 42.1 Å². The summed E-state index contributed by atoms with van der Waals surface area (Å²) < 4.78 is 34.4. The van der Waals surface area contributed by atoms with Crippen molar-refractivity contribution in [1.29, 1.82) is 0 Å². The molecular formula is C78H148NO8P. The van der Waals surface area contributed by atoms with Crippen molar-refractivity contribution in [2.45, 2.75) is 392 Å². The largest absolute Gasteiger partial charge is 0.756 e. The summed E-state index contributed by atoms with van der Waals surface area (Å²) in [5.41, 5.74) is 0. The molecule has 0 amide bonds. The van der Waals surface area contributed by atoms with E-state index < -0.39 is 26.5 Å². The van der Waals surface area contributed by atoms with Crippen LogP contribution in [-0.2, 0) is 32.7 Å². The Hall–Kier alpha value is -2.03. The number of carbonyl (C=O) groups is 2. The summed E-state index contributed by atoms with van der Waals surface area (Å²) in [5.74, 6) is -0.807. The van der Waals surface area contributed by atoms with Gasteiger partial charge in [0.15, 0.2) is 6.10 Å². The molecule has 9 nitrogen and oxygen atoms in total. The third-order valence-corrected chi connectivity index (χ3v) is 18.3. The van der Waals surface area contributed by atoms with Gasteiger partial charge in [-0.3, -0.25) is 14.2 Å². The number of quaternary nitrogens is 1. The number of phosphoric ester groups is 1. The minimum Gasteiger partial charge on any atom is -0.756 e. The van der Waals surface area contributed by atoms with Gasteiger partial charge < -0.3 is 27.9 Å². The molecule has 0 radical (unpaired) electrons. The van der Waals surface area contributed by atoms with E-state index in [0.717, 1.165) is 57.8 Å². The molecule has 0 aliphatic heterocycles. The average molecular weight is 1260 g/mol. The third kappa shape index (κ3) is 73.0. The maximum absolute atomic E-state index is 12.9. The molecule has 0 spiro atoms. The smallest absolute Gasteiger partial charge is 0.306 e. The van der Waals surface area contributed by atoms with Crippen molar-refractivity contribution in [3.05, 3.63) is 48.6 Å². The molecule has 0 saturated carbocycles. The quantitative estimate of drug-likeness (QED) is 0.0195. The van der Waals surface area contributed by atoms with Crippen LogP contribution in [0.25, 0.3) is 0 Å². The van der Waals surface area contributed by atoms with Gasteiger partial charge >= 0.3 is 11.9 Å². The monoisotopic (exact) mass is 1260 g/mol. The molecule has 0 rings (SSSR count). The summed E-state index contributed by atoms with van der Waals surface area (Å²) in [6, 6.07) is 0. The second-order valence-corrected chi connectivity index (χ2v) is 28.8. The summed E-state index contributed by atoms with van der Waals surface area (Å²) in [6.45, 7) is 4.21. The number of carbonyl (C=O) groups excluding carboxylic acids is 2. The number of phosphoric acid groups is 1. The van der Waals surface area contributed by atoms with Crippen LogP contribution in [-0.4, -0.2) is 70.0 Å². The van der Waals surface area contributed by atoms with Gasteiger partial charge in [0, 0.05) is 12.8 Å². The summed E-state index contributed by atoms with van der Waals surface area (Å²) in [6.07, 6.45) is 90.9. The van der Waals surface area contributed by atoms with Crippen LogP contribution >= 0.6 is 7.82 Å². The molecule has 518 valence electrons. The van der Waals surface area contributed by atoms with Crippen LogP contribution in [0.5, 0.6) is 0 Å². The van der Waals surface area contributed by atoms with Crippen molar-refractivity contribution in [1.82, 2.24) is 0 Å². The van der Waals surface area contributed by atoms with E-state index in [4.69, 9.17) is 18.5 Å². The zero-order chi connectivity index (χ0) is 64.1. The molecule has 0 heterocycles. The first kappa shape index (κ1) is 86.0. The summed E-state index contributed by atoms with van der Waals surface area (Å²) in [4.78, 5) is 38.1. The van der Waals surface area contributed by atoms with Crippen LogP contribution in [0, 0.1) is 0 Å². The fourth-order valence-electron chi connectivity index (χ4n) is 11.5. The number of rotatable bonds is 72. The number of nitrogens with zero attached hydrogens (tertiary/aromatic N) is 1. The van der Waals surface area contributed by atoms with E-state index in [9.17, 15) is 19.0 Å². The van der Waals surface area contributed by atoms with Crippen molar-refractivity contribution in [3.63, 3.8) is 0 Å². The molecule has 0 N–H and O–H groups in total. The number of allylic oxidation sites excluding steroid dienone is 8. The zero-order valence-electron chi connectivity index (χ0n) is 59.2. The van der Waals surface area contributed by atoms with Crippen LogP contribution in [0.1, 0.15) is 386 Å². The van der Waals surface area contributed by atoms with E-state index in [1.54, 1.807) is 0 Å². The Bertz CT molecular complexity index is 1620. The topological polar surface area (TPSA) is 111 Å². The molecule has 88 heavy (non-hydrogen) atoms. The predicted octanol–water partition coefficient (Wildman–Crippen LogP) is 24.5. The normalized spacial score (nSPS) is 13.3. The van der Waals surface area contributed by atoms with E-state index in [1.807, 2.05) is 21.1 Å². The lowest BCUT2D eigenvalue weighted by Gasteiger charge is -2.28. The van der Waals surface area contributed by atoms with Gasteiger partial charge in [0.2, 0.25) is 0 Å². The van der Waals surface area contributed by atoms with Crippen molar-refractivity contribution in [3.8, 4) is 0 Å². The first-order valence-corrected chi connectivity index (χ1v) is 39.8. The Morgan fingerprint density at radius 1 is 0.364 bits per heavy atom. The standard InChI is InChI=1S/C78H148NO8P/c1-6-8-10-12-14-16-18-20-22-24-26-28-30-31-32-33-34-35-36-37-38-39-40-41-42-43-44-45-46-47-49-51-53-55-57-59-61-63-65-67-69-71-78(81)87-76(75-86-88(82,83)85-73-72-79(3,4)5)74-84-77(80)70-68-66-64-62-60-58-56-54-52-50-48-29-27-25-23-21-19-17-15-13-11-9-7-2/h8,10,14,16,20,22,26,28,76H,6-7,9,11-13,15,17-19,21,23-25,27,29-75H2,1-5H3/b10-8-,16-14-,22-20-,28-26-. The molecule has 2 atom stereocenters. The number of likely N-dealkylation sites (N-methyl/N-ethyl adjacent to an activating group) is 1. The number of ether oxygens (including phenoxy) is 2. The second-order valence-electron chi connectivity index (χ2n) is 27.4. The van der Waals surface area contributed by atoms with Crippen LogP contribution in [0.15, 0.2) is 48.6 Å². The highest BCUT2D eigenvalue weighted by Crippen LogP contribution is 2.38. The summed E-state index contributed by atoms with van der Waals surface area (Å²) >= 11 is 0. The van der Waals surface area contributed by atoms with Gasteiger partial charge in [-0.2, -0.15) is 0 Å². The molecule has 0 fully saturated rings. The summed E-state index contributed by atoms with van der Waals surface area (Å²) in [5, 5.41) is 0. The molecule has 0 bridgehead atoms. The maximum atomic E-state index is 12.9. The Morgan fingerprint density at radius 2 is 0.648 bits per heavy atom. The molecule has 0 aliphatic rings. The van der Waals surface area contributed by atoms with Crippen molar-refractivity contribution in [2.24, 2.45) is 0 Å². The number of esters is 2.